The zero-order valence-corrected chi connectivity index (χ0v) is 15.6. The van der Waals surface area contributed by atoms with E-state index in [2.05, 4.69) is 33.0 Å². The highest BCUT2D eigenvalue weighted by atomic mass is 16.5. The van der Waals surface area contributed by atoms with E-state index in [1.54, 1.807) is 0 Å². The Bertz CT molecular complexity index is 401. The Hall–Kier alpha value is -1.10. The number of likely N-dealkylation sites (tertiary alicyclic amines) is 1. The average molecular weight is 326 g/mol. The summed E-state index contributed by atoms with van der Waals surface area (Å²) in [6.45, 7) is 14.0. The van der Waals surface area contributed by atoms with Gasteiger partial charge in [-0.1, -0.05) is 40.5 Å². The van der Waals surface area contributed by atoms with Crippen molar-refractivity contribution in [3.05, 3.63) is 0 Å². The lowest BCUT2D eigenvalue weighted by Gasteiger charge is -2.47. The molecule has 23 heavy (non-hydrogen) atoms. The van der Waals surface area contributed by atoms with Gasteiger partial charge in [-0.3, -0.25) is 9.59 Å². The third kappa shape index (κ3) is 6.13. The molecule has 1 heterocycles. The Morgan fingerprint density at radius 1 is 1.26 bits per heavy atom. The number of hydrogen-bond acceptors (Lipinski definition) is 3. The van der Waals surface area contributed by atoms with Crippen molar-refractivity contribution >= 4 is 11.8 Å². The molecule has 0 aromatic rings. The van der Waals surface area contributed by atoms with Crippen molar-refractivity contribution in [1.82, 2.24) is 10.2 Å². The third-order valence-corrected chi connectivity index (χ3v) is 4.51. The van der Waals surface area contributed by atoms with E-state index in [0.717, 1.165) is 32.4 Å². The summed E-state index contributed by atoms with van der Waals surface area (Å²) >= 11 is 0. The maximum atomic E-state index is 12.7. The van der Waals surface area contributed by atoms with E-state index in [-0.39, 0.29) is 23.3 Å². The standard InChI is InChI=1S/C18H34N2O3/c1-7-9-15(8-2)10-23-13(3)16(19-14(4)21)17(22)20-11-18(5,6)12-20/h13,15-16H,7-12H2,1-6H3,(H,19,21). The maximum Gasteiger partial charge on any atom is 0.247 e. The smallest absolute Gasteiger partial charge is 0.247 e. The first kappa shape index (κ1) is 19.9. The van der Waals surface area contributed by atoms with Crippen LogP contribution in [0.4, 0.5) is 0 Å². The molecule has 134 valence electrons. The van der Waals surface area contributed by atoms with Crippen molar-refractivity contribution in [2.24, 2.45) is 11.3 Å². The zero-order valence-electron chi connectivity index (χ0n) is 15.6. The molecule has 0 saturated carbocycles. The predicted octanol–water partition coefficient (Wildman–Crippen LogP) is 2.59. The monoisotopic (exact) mass is 326 g/mol. The Morgan fingerprint density at radius 2 is 1.87 bits per heavy atom. The van der Waals surface area contributed by atoms with Gasteiger partial charge in [-0.2, -0.15) is 0 Å². The van der Waals surface area contributed by atoms with Crippen molar-refractivity contribution in [3.63, 3.8) is 0 Å². The van der Waals surface area contributed by atoms with Crippen molar-refractivity contribution in [2.45, 2.75) is 73.0 Å². The number of carbonyl (C=O) groups is 2. The number of rotatable bonds is 9. The molecule has 0 radical (unpaired) electrons. The van der Waals surface area contributed by atoms with Gasteiger partial charge in [-0.15, -0.1) is 0 Å². The highest BCUT2D eigenvalue weighted by molar-refractivity contribution is 5.88. The van der Waals surface area contributed by atoms with E-state index in [1.165, 1.54) is 6.92 Å². The van der Waals surface area contributed by atoms with Gasteiger partial charge in [0.25, 0.3) is 0 Å². The predicted molar refractivity (Wildman–Crippen MR) is 92.1 cm³/mol. The summed E-state index contributed by atoms with van der Waals surface area (Å²) in [6.07, 6.45) is 3.01. The number of hydrogen-bond donors (Lipinski definition) is 1. The van der Waals surface area contributed by atoms with Crippen LogP contribution in [-0.4, -0.2) is 48.6 Å². The maximum absolute atomic E-state index is 12.7. The van der Waals surface area contributed by atoms with Crippen molar-refractivity contribution in [2.75, 3.05) is 19.7 Å². The quantitative estimate of drug-likeness (QED) is 0.708. The molecule has 1 saturated heterocycles. The molecule has 1 aliphatic heterocycles. The number of amides is 2. The summed E-state index contributed by atoms with van der Waals surface area (Å²) in [5, 5.41) is 2.77. The second kappa shape index (κ2) is 8.67. The molecule has 3 atom stereocenters. The normalized spacial score (nSPS) is 20.3. The van der Waals surface area contributed by atoms with E-state index in [9.17, 15) is 9.59 Å². The molecule has 0 bridgehead atoms. The Labute approximate surface area is 141 Å². The highest BCUT2D eigenvalue weighted by Crippen LogP contribution is 2.29. The fourth-order valence-electron chi connectivity index (χ4n) is 3.14. The molecule has 0 spiro atoms. The van der Waals surface area contributed by atoms with E-state index >= 15 is 0 Å². The van der Waals surface area contributed by atoms with Crippen LogP contribution in [0.3, 0.4) is 0 Å². The van der Waals surface area contributed by atoms with Gasteiger partial charge in [-0.05, 0) is 24.7 Å². The van der Waals surface area contributed by atoms with Crippen molar-refractivity contribution in [1.29, 1.82) is 0 Å². The first-order valence-corrected chi connectivity index (χ1v) is 8.87. The van der Waals surface area contributed by atoms with Gasteiger partial charge in [0, 0.05) is 26.6 Å². The number of nitrogens with zero attached hydrogens (tertiary/aromatic N) is 1. The summed E-state index contributed by atoms with van der Waals surface area (Å²) in [5.74, 6) is 0.285. The molecule has 2 amide bonds. The average Bonchev–Trinajstić information content (AvgIpc) is 2.45. The Kier molecular flexibility index (Phi) is 7.52. The van der Waals surface area contributed by atoms with Gasteiger partial charge < -0.3 is 15.0 Å². The lowest BCUT2D eigenvalue weighted by atomic mass is 9.84. The fourth-order valence-corrected chi connectivity index (χ4v) is 3.14. The van der Waals surface area contributed by atoms with Crippen LogP contribution in [0, 0.1) is 11.3 Å². The van der Waals surface area contributed by atoms with Crippen LogP contribution >= 0.6 is 0 Å². The number of nitrogens with one attached hydrogen (secondary N) is 1. The van der Waals surface area contributed by atoms with Crippen LogP contribution in [0.1, 0.15) is 60.8 Å². The third-order valence-electron chi connectivity index (χ3n) is 4.51. The van der Waals surface area contributed by atoms with Gasteiger partial charge in [0.1, 0.15) is 6.04 Å². The lowest BCUT2D eigenvalue weighted by molar-refractivity contribution is -0.150. The van der Waals surface area contributed by atoms with Crippen LogP contribution in [-0.2, 0) is 14.3 Å². The first-order chi connectivity index (χ1) is 10.7. The summed E-state index contributed by atoms with van der Waals surface area (Å²) in [4.78, 5) is 25.9. The topological polar surface area (TPSA) is 58.6 Å². The molecule has 1 aliphatic rings. The highest BCUT2D eigenvalue weighted by Gasteiger charge is 2.41. The second-order valence-electron chi connectivity index (χ2n) is 7.64. The van der Waals surface area contributed by atoms with Crippen LogP contribution in [0.25, 0.3) is 0 Å². The minimum Gasteiger partial charge on any atom is -0.376 e. The molecule has 0 aromatic heterocycles. The SMILES string of the molecule is CCCC(CC)COC(C)C(NC(C)=O)C(=O)N1CC(C)(C)C1. The van der Waals surface area contributed by atoms with Gasteiger partial charge in [0.2, 0.25) is 11.8 Å². The van der Waals surface area contributed by atoms with E-state index in [4.69, 9.17) is 4.74 Å². The lowest BCUT2D eigenvalue weighted by Crippen LogP contribution is -2.62. The minimum absolute atomic E-state index is 0.0319. The first-order valence-electron chi connectivity index (χ1n) is 8.87. The molecule has 1 fully saturated rings. The van der Waals surface area contributed by atoms with E-state index in [1.807, 2.05) is 11.8 Å². The molecule has 5 nitrogen and oxygen atoms in total. The van der Waals surface area contributed by atoms with Crippen LogP contribution in [0.15, 0.2) is 0 Å². The summed E-state index contributed by atoms with van der Waals surface area (Å²) in [5.41, 5.74) is 0.176. The molecule has 1 rings (SSSR count). The summed E-state index contributed by atoms with van der Waals surface area (Å²) in [7, 11) is 0. The number of ether oxygens (including phenoxy) is 1. The van der Waals surface area contributed by atoms with Gasteiger partial charge in [-0.25, -0.2) is 0 Å². The minimum atomic E-state index is -0.595. The van der Waals surface area contributed by atoms with E-state index < -0.39 is 6.04 Å². The van der Waals surface area contributed by atoms with Gasteiger partial charge >= 0.3 is 0 Å². The van der Waals surface area contributed by atoms with Gasteiger partial charge in [0.15, 0.2) is 0 Å². The molecular weight excluding hydrogens is 292 g/mol. The largest absolute Gasteiger partial charge is 0.376 e. The van der Waals surface area contributed by atoms with Crippen LogP contribution < -0.4 is 5.32 Å². The van der Waals surface area contributed by atoms with Crippen LogP contribution in [0.5, 0.6) is 0 Å². The summed E-state index contributed by atoms with van der Waals surface area (Å²) < 4.78 is 5.94. The molecular formula is C18H34N2O3. The zero-order chi connectivity index (χ0) is 17.6. The second-order valence-corrected chi connectivity index (χ2v) is 7.64. The molecule has 0 aromatic carbocycles. The van der Waals surface area contributed by atoms with Crippen molar-refractivity contribution in [3.8, 4) is 0 Å². The van der Waals surface area contributed by atoms with E-state index in [0.29, 0.717) is 12.5 Å². The van der Waals surface area contributed by atoms with Crippen molar-refractivity contribution < 1.29 is 14.3 Å². The summed E-state index contributed by atoms with van der Waals surface area (Å²) in [6, 6.07) is -0.595. The van der Waals surface area contributed by atoms with Crippen LogP contribution in [0.2, 0.25) is 0 Å². The Balaban J connectivity index is 2.62. The molecule has 5 heteroatoms. The Morgan fingerprint density at radius 3 is 2.30 bits per heavy atom. The molecule has 1 N–H and O–H groups in total. The molecule has 3 unspecified atom stereocenters. The number of carbonyl (C=O) groups excluding carboxylic acids is 2. The molecule has 0 aliphatic carbocycles. The fraction of sp³-hybridized carbons (Fsp3) is 0.889. The van der Waals surface area contributed by atoms with Gasteiger partial charge in [0.05, 0.1) is 6.10 Å².